The van der Waals surface area contributed by atoms with Gasteiger partial charge >= 0.3 is 6.03 Å². The number of imide groups is 1. The lowest BCUT2D eigenvalue weighted by molar-refractivity contribution is -0.120. The number of urea groups is 1. The van der Waals surface area contributed by atoms with E-state index in [-0.39, 0.29) is 11.9 Å². The SMILES string of the molecule is CCCCNC(=O)NC(=O)CCCC. The molecule has 82 valence electrons. The molecule has 0 aromatic heterocycles. The van der Waals surface area contributed by atoms with Gasteiger partial charge in [0.25, 0.3) is 0 Å². The minimum Gasteiger partial charge on any atom is -0.338 e. The Morgan fingerprint density at radius 3 is 2.29 bits per heavy atom. The molecule has 0 aromatic rings. The van der Waals surface area contributed by atoms with Gasteiger partial charge in [-0.15, -0.1) is 0 Å². The smallest absolute Gasteiger partial charge is 0.321 e. The average molecular weight is 200 g/mol. The van der Waals surface area contributed by atoms with Crippen molar-refractivity contribution in [3.8, 4) is 0 Å². The molecule has 0 aromatic carbocycles. The maximum absolute atomic E-state index is 11.1. The second kappa shape index (κ2) is 8.53. The van der Waals surface area contributed by atoms with Crippen LogP contribution in [0.5, 0.6) is 0 Å². The predicted molar refractivity (Wildman–Crippen MR) is 56.0 cm³/mol. The van der Waals surface area contributed by atoms with E-state index in [9.17, 15) is 9.59 Å². The van der Waals surface area contributed by atoms with E-state index in [1.807, 2.05) is 13.8 Å². The quantitative estimate of drug-likeness (QED) is 0.642. The zero-order chi connectivity index (χ0) is 10.8. The molecule has 3 amide bonds. The van der Waals surface area contributed by atoms with Gasteiger partial charge in [-0.1, -0.05) is 26.7 Å². The normalized spacial score (nSPS) is 9.57. The van der Waals surface area contributed by atoms with Crippen LogP contribution in [0.2, 0.25) is 0 Å². The molecule has 0 aliphatic rings. The van der Waals surface area contributed by atoms with Gasteiger partial charge in [0.1, 0.15) is 0 Å². The summed E-state index contributed by atoms with van der Waals surface area (Å²) in [6, 6.07) is -0.375. The van der Waals surface area contributed by atoms with Crippen LogP contribution in [0, 0.1) is 0 Å². The predicted octanol–water partition coefficient (Wildman–Crippen LogP) is 1.80. The van der Waals surface area contributed by atoms with Gasteiger partial charge in [-0.05, 0) is 12.8 Å². The molecular formula is C10H20N2O2. The van der Waals surface area contributed by atoms with Crippen molar-refractivity contribution in [1.29, 1.82) is 0 Å². The number of carbonyl (C=O) groups is 2. The second-order valence-corrected chi connectivity index (χ2v) is 3.26. The summed E-state index contributed by atoms with van der Waals surface area (Å²) in [5, 5.41) is 4.90. The molecule has 4 nitrogen and oxygen atoms in total. The van der Waals surface area contributed by atoms with Gasteiger partial charge in [-0.3, -0.25) is 10.1 Å². The first-order valence-electron chi connectivity index (χ1n) is 5.28. The standard InChI is InChI=1S/C10H20N2O2/c1-3-5-7-9(13)12-10(14)11-8-6-4-2/h3-8H2,1-2H3,(H2,11,12,13,14). The van der Waals surface area contributed by atoms with Gasteiger partial charge in [0.15, 0.2) is 0 Å². The topological polar surface area (TPSA) is 58.2 Å². The zero-order valence-electron chi connectivity index (χ0n) is 9.06. The number of nitrogens with one attached hydrogen (secondary N) is 2. The highest BCUT2D eigenvalue weighted by Gasteiger charge is 2.05. The average Bonchev–Trinajstić information content (AvgIpc) is 2.15. The van der Waals surface area contributed by atoms with Gasteiger partial charge in [-0.25, -0.2) is 4.79 Å². The number of carbonyl (C=O) groups excluding carboxylic acids is 2. The summed E-state index contributed by atoms with van der Waals surface area (Å²) in [6.07, 6.45) is 4.19. The van der Waals surface area contributed by atoms with Crippen molar-refractivity contribution in [2.45, 2.75) is 46.0 Å². The summed E-state index contributed by atoms with van der Waals surface area (Å²) in [4.78, 5) is 22.1. The van der Waals surface area contributed by atoms with Gasteiger partial charge < -0.3 is 5.32 Å². The van der Waals surface area contributed by atoms with Gasteiger partial charge in [0.05, 0.1) is 0 Å². The molecule has 0 aliphatic heterocycles. The van der Waals surface area contributed by atoms with E-state index in [2.05, 4.69) is 10.6 Å². The first-order chi connectivity index (χ1) is 6.70. The van der Waals surface area contributed by atoms with E-state index in [0.717, 1.165) is 25.7 Å². The molecule has 2 N–H and O–H groups in total. The number of hydrogen-bond donors (Lipinski definition) is 2. The maximum Gasteiger partial charge on any atom is 0.321 e. The Hall–Kier alpha value is -1.06. The van der Waals surface area contributed by atoms with Crippen molar-refractivity contribution >= 4 is 11.9 Å². The van der Waals surface area contributed by atoms with Crippen molar-refractivity contribution in [2.24, 2.45) is 0 Å². The number of rotatable bonds is 6. The minimum atomic E-state index is -0.375. The molecule has 0 bridgehead atoms. The third-order valence-corrected chi connectivity index (χ3v) is 1.83. The van der Waals surface area contributed by atoms with Crippen LogP contribution in [0.1, 0.15) is 46.0 Å². The van der Waals surface area contributed by atoms with Crippen LogP contribution in [-0.2, 0) is 4.79 Å². The zero-order valence-corrected chi connectivity index (χ0v) is 9.06. The summed E-state index contributed by atoms with van der Waals surface area (Å²) in [7, 11) is 0. The molecule has 0 heterocycles. The highest BCUT2D eigenvalue weighted by atomic mass is 16.2. The Morgan fingerprint density at radius 2 is 1.71 bits per heavy atom. The molecule has 0 saturated heterocycles. The Labute approximate surface area is 85.4 Å². The van der Waals surface area contributed by atoms with Gasteiger partial charge in [0.2, 0.25) is 5.91 Å². The fourth-order valence-corrected chi connectivity index (χ4v) is 0.949. The summed E-state index contributed by atoms with van der Waals surface area (Å²) >= 11 is 0. The van der Waals surface area contributed by atoms with Crippen molar-refractivity contribution in [2.75, 3.05) is 6.54 Å². The minimum absolute atomic E-state index is 0.194. The number of unbranched alkanes of at least 4 members (excludes halogenated alkanes) is 2. The third-order valence-electron chi connectivity index (χ3n) is 1.83. The van der Waals surface area contributed by atoms with Gasteiger partial charge in [-0.2, -0.15) is 0 Å². The van der Waals surface area contributed by atoms with E-state index in [1.165, 1.54) is 0 Å². The molecule has 0 fully saturated rings. The van der Waals surface area contributed by atoms with Crippen molar-refractivity contribution in [1.82, 2.24) is 10.6 Å². The maximum atomic E-state index is 11.1. The second-order valence-electron chi connectivity index (χ2n) is 3.26. The third kappa shape index (κ3) is 7.58. The molecule has 0 spiro atoms. The molecule has 0 atom stereocenters. The van der Waals surface area contributed by atoms with Crippen LogP contribution in [0.25, 0.3) is 0 Å². The van der Waals surface area contributed by atoms with E-state index >= 15 is 0 Å². The molecule has 4 heteroatoms. The first-order valence-corrected chi connectivity index (χ1v) is 5.28. The highest BCUT2D eigenvalue weighted by Crippen LogP contribution is 1.92. The summed E-state index contributed by atoms with van der Waals surface area (Å²) in [6.45, 7) is 4.68. The van der Waals surface area contributed by atoms with E-state index in [0.29, 0.717) is 13.0 Å². The largest absolute Gasteiger partial charge is 0.338 e. The summed E-state index contributed by atoms with van der Waals surface area (Å²) in [5.41, 5.74) is 0. The van der Waals surface area contributed by atoms with Crippen molar-refractivity contribution in [3.63, 3.8) is 0 Å². The number of amides is 3. The fraction of sp³-hybridized carbons (Fsp3) is 0.800. The van der Waals surface area contributed by atoms with E-state index in [1.54, 1.807) is 0 Å². The van der Waals surface area contributed by atoms with Crippen LogP contribution in [0.4, 0.5) is 4.79 Å². The van der Waals surface area contributed by atoms with Crippen LogP contribution < -0.4 is 10.6 Å². The molecule has 0 saturated carbocycles. The van der Waals surface area contributed by atoms with Crippen LogP contribution in [0.15, 0.2) is 0 Å². The number of hydrogen-bond acceptors (Lipinski definition) is 2. The van der Waals surface area contributed by atoms with Crippen LogP contribution >= 0.6 is 0 Å². The molecule has 14 heavy (non-hydrogen) atoms. The molecule has 0 aliphatic carbocycles. The lowest BCUT2D eigenvalue weighted by atomic mass is 10.2. The Kier molecular flexibility index (Phi) is 7.89. The van der Waals surface area contributed by atoms with E-state index < -0.39 is 0 Å². The highest BCUT2D eigenvalue weighted by molar-refractivity contribution is 5.94. The summed E-state index contributed by atoms with van der Waals surface area (Å²) < 4.78 is 0. The molecular weight excluding hydrogens is 180 g/mol. The first kappa shape index (κ1) is 12.9. The Morgan fingerprint density at radius 1 is 1.07 bits per heavy atom. The van der Waals surface area contributed by atoms with E-state index in [4.69, 9.17) is 0 Å². The van der Waals surface area contributed by atoms with Crippen LogP contribution in [0.3, 0.4) is 0 Å². The van der Waals surface area contributed by atoms with Crippen molar-refractivity contribution in [3.05, 3.63) is 0 Å². The molecule has 0 radical (unpaired) electrons. The summed E-state index contributed by atoms with van der Waals surface area (Å²) in [5.74, 6) is -0.194. The van der Waals surface area contributed by atoms with Gasteiger partial charge in [0, 0.05) is 13.0 Å². The monoisotopic (exact) mass is 200 g/mol. The Balaban J connectivity index is 3.45. The van der Waals surface area contributed by atoms with Crippen LogP contribution in [-0.4, -0.2) is 18.5 Å². The Bertz CT molecular complexity index is 181. The van der Waals surface area contributed by atoms with Crippen molar-refractivity contribution < 1.29 is 9.59 Å². The molecule has 0 unspecified atom stereocenters. The lowest BCUT2D eigenvalue weighted by Gasteiger charge is -2.05. The molecule has 0 rings (SSSR count). The fourth-order valence-electron chi connectivity index (χ4n) is 0.949. The lowest BCUT2D eigenvalue weighted by Crippen LogP contribution is -2.39.